The molecule has 90 valence electrons. The second-order valence-electron chi connectivity index (χ2n) is 4.48. The van der Waals surface area contributed by atoms with Crippen molar-refractivity contribution in [1.82, 2.24) is 10.3 Å². The second kappa shape index (κ2) is 5.75. The number of rotatable bonds is 4. The van der Waals surface area contributed by atoms with E-state index in [1.165, 1.54) is 24.3 Å². The van der Waals surface area contributed by atoms with Crippen molar-refractivity contribution in [3.63, 3.8) is 0 Å². The molecule has 1 aromatic heterocycles. The van der Waals surface area contributed by atoms with Gasteiger partial charge in [0, 0.05) is 24.7 Å². The highest BCUT2D eigenvalue weighted by atomic mass is 32.1. The summed E-state index contributed by atoms with van der Waals surface area (Å²) >= 11 is 1.72. The van der Waals surface area contributed by atoms with Crippen molar-refractivity contribution in [1.29, 1.82) is 0 Å². The molecule has 1 fully saturated rings. The van der Waals surface area contributed by atoms with Gasteiger partial charge in [-0.25, -0.2) is 4.98 Å². The highest BCUT2D eigenvalue weighted by Crippen LogP contribution is 2.24. The van der Waals surface area contributed by atoms with Gasteiger partial charge in [-0.15, -0.1) is 11.3 Å². The molecule has 1 aliphatic rings. The molecule has 2 rings (SSSR count). The third-order valence-corrected chi connectivity index (χ3v) is 4.23. The van der Waals surface area contributed by atoms with Gasteiger partial charge in [0.15, 0.2) is 0 Å². The van der Waals surface area contributed by atoms with Crippen LogP contribution in [-0.2, 0) is 4.74 Å². The molecule has 3 unspecified atom stereocenters. The number of hydrogen-bond donors (Lipinski definition) is 1. The molecule has 0 bridgehead atoms. The zero-order valence-corrected chi connectivity index (χ0v) is 10.8. The lowest BCUT2D eigenvalue weighted by atomic mass is 9.92. The Labute approximate surface area is 101 Å². The summed E-state index contributed by atoms with van der Waals surface area (Å²) in [4.78, 5) is 4.35. The lowest BCUT2D eigenvalue weighted by Gasteiger charge is -2.30. The van der Waals surface area contributed by atoms with Crippen LogP contribution in [0.1, 0.15) is 43.7 Å². The Bertz CT molecular complexity index is 302. The molecule has 3 atom stereocenters. The molecule has 4 heteroatoms. The van der Waals surface area contributed by atoms with E-state index in [2.05, 4.69) is 17.2 Å². The van der Waals surface area contributed by atoms with E-state index in [1.54, 1.807) is 11.3 Å². The Hall–Kier alpha value is -0.450. The SMILES string of the molecule is COC1CCCC(NC(C)c2nccs2)C1. The first-order chi connectivity index (χ1) is 7.79. The third kappa shape index (κ3) is 3.03. The van der Waals surface area contributed by atoms with Gasteiger partial charge in [0.2, 0.25) is 0 Å². The van der Waals surface area contributed by atoms with Crippen LogP contribution in [0.5, 0.6) is 0 Å². The number of nitrogens with one attached hydrogen (secondary N) is 1. The van der Waals surface area contributed by atoms with E-state index in [4.69, 9.17) is 4.74 Å². The number of methoxy groups -OCH3 is 1. The molecule has 1 heterocycles. The molecule has 1 saturated carbocycles. The van der Waals surface area contributed by atoms with Crippen LogP contribution in [0, 0.1) is 0 Å². The van der Waals surface area contributed by atoms with Crippen molar-refractivity contribution in [2.45, 2.75) is 50.8 Å². The minimum Gasteiger partial charge on any atom is -0.381 e. The Morgan fingerprint density at radius 2 is 2.44 bits per heavy atom. The highest BCUT2D eigenvalue weighted by molar-refractivity contribution is 7.09. The average molecular weight is 240 g/mol. The predicted octanol–water partition coefficient (Wildman–Crippen LogP) is 2.75. The third-order valence-electron chi connectivity index (χ3n) is 3.27. The summed E-state index contributed by atoms with van der Waals surface area (Å²) in [5.74, 6) is 0. The average Bonchev–Trinajstić information content (AvgIpc) is 2.83. The van der Waals surface area contributed by atoms with Crippen molar-refractivity contribution in [3.8, 4) is 0 Å². The molecule has 0 saturated heterocycles. The lowest BCUT2D eigenvalue weighted by Crippen LogP contribution is -2.38. The van der Waals surface area contributed by atoms with Crippen LogP contribution in [0.3, 0.4) is 0 Å². The molecule has 0 aromatic carbocycles. The first-order valence-electron chi connectivity index (χ1n) is 5.98. The normalized spacial score (nSPS) is 27.9. The fourth-order valence-corrected chi connectivity index (χ4v) is 3.04. The molecule has 3 nitrogen and oxygen atoms in total. The maximum atomic E-state index is 5.44. The van der Waals surface area contributed by atoms with E-state index >= 15 is 0 Å². The van der Waals surface area contributed by atoms with E-state index in [-0.39, 0.29) is 0 Å². The van der Waals surface area contributed by atoms with E-state index in [1.807, 2.05) is 18.7 Å². The summed E-state index contributed by atoms with van der Waals surface area (Å²) in [5.41, 5.74) is 0. The van der Waals surface area contributed by atoms with Crippen LogP contribution in [0.2, 0.25) is 0 Å². The molecule has 0 radical (unpaired) electrons. The minimum absolute atomic E-state index is 0.362. The Balaban J connectivity index is 1.84. The number of thiazole rings is 1. The standard InChI is InChI=1S/C12H20N2OS/c1-9(12-13-6-7-16-12)14-10-4-3-5-11(8-10)15-2/h6-7,9-11,14H,3-5,8H2,1-2H3. The van der Waals surface area contributed by atoms with E-state index in [0.717, 1.165) is 6.42 Å². The van der Waals surface area contributed by atoms with Crippen LogP contribution in [-0.4, -0.2) is 24.2 Å². The van der Waals surface area contributed by atoms with Gasteiger partial charge in [-0.1, -0.05) is 0 Å². The lowest BCUT2D eigenvalue weighted by molar-refractivity contribution is 0.0572. The Morgan fingerprint density at radius 3 is 3.12 bits per heavy atom. The largest absolute Gasteiger partial charge is 0.381 e. The zero-order valence-electron chi connectivity index (χ0n) is 9.98. The second-order valence-corrected chi connectivity index (χ2v) is 5.41. The molecule has 0 aliphatic heterocycles. The van der Waals surface area contributed by atoms with Crippen molar-refractivity contribution < 1.29 is 4.74 Å². The van der Waals surface area contributed by atoms with Crippen molar-refractivity contribution >= 4 is 11.3 Å². The maximum Gasteiger partial charge on any atom is 0.109 e. The maximum absolute atomic E-state index is 5.44. The van der Waals surface area contributed by atoms with E-state index in [0.29, 0.717) is 18.2 Å². The van der Waals surface area contributed by atoms with Crippen molar-refractivity contribution in [2.75, 3.05) is 7.11 Å². The van der Waals surface area contributed by atoms with Crippen molar-refractivity contribution in [2.24, 2.45) is 0 Å². The van der Waals surface area contributed by atoms with Gasteiger partial charge < -0.3 is 10.1 Å². The predicted molar refractivity (Wildman–Crippen MR) is 66.7 cm³/mol. The summed E-state index contributed by atoms with van der Waals surface area (Å²) in [7, 11) is 1.82. The summed E-state index contributed by atoms with van der Waals surface area (Å²) in [6.07, 6.45) is 7.18. The van der Waals surface area contributed by atoms with E-state index < -0.39 is 0 Å². The molecule has 1 aromatic rings. The summed E-state index contributed by atoms with van der Waals surface area (Å²) in [5, 5.41) is 6.87. The van der Waals surface area contributed by atoms with Gasteiger partial charge in [-0.3, -0.25) is 0 Å². The summed E-state index contributed by atoms with van der Waals surface area (Å²) < 4.78 is 5.44. The Kier molecular flexibility index (Phi) is 4.32. The number of nitrogens with zero attached hydrogens (tertiary/aromatic N) is 1. The minimum atomic E-state index is 0.362. The first-order valence-corrected chi connectivity index (χ1v) is 6.85. The highest BCUT2D eigenvalue weighted by Gasteiger charge is 2.23. The molecule has 0 amide bonds. The fraction of sp³-hybridized carbons (Fsp3) is 0.750. The first kappa shape index (κ1) is 12.0. The number of ether oxygens (including phenoxy) is 1. The van der Waals surface area contributed by atoms with Gasteiger partial charge >= 0.3 is 0 Å². The topological polar surface area (TPSA) is 34.1 Å². The summed E-state index contributed by atoms with van der Waals surface area (Å²) in [6.45, 7) is 2.19. The molecule has 1 N–H and O–H groups in total. The monoisotopic (exact) mass is 240 g/mol. The van der Waals surface area contributed by atoms with Crippen LogP contribution >= 0.6 is 11.3 Å². The van der Waals surface area contributed by atoms with Gasteiger partial charge in [0.05, 0.1) is 12.1 Å². The van der Waals surface area contributed by atoms with Crippen LogP contribution in [0.25, 0.3) is 0 Å². The summed E-state index contributed by atoms with van der Waals surface area (Å²) in [6, 6.07) is 0.943. The van der Waals surface area contributed by atoms with Gasteiger partial charge in [0.25, 0.3) is 0 Å². The smallest absolute Gasteiger partial charge is 0.109 e. The molecule has 16 heavy (non-hydrogen) atoms. The molecular weight excluding hydrogens is 220 g/mol. The Morgan fingerprint density at radius 1 is 1.56 bits per heavy atom. The number of aromatic nitrogens is 1. The van der Waals surface area contributed by atoms with Gasteiger partial charge in [-0.05, 0) is 32.6 Å². The zero-order chi connectivity index (χ0) is 11.4. The van der Waals surface area contributed by atoms with Crippen LogP contribution in [0.4, 0.5) is 0 Å². The molecular formula is C12H20N2OS. The van der Waals surface area contributed by atoms with Gasteiger partial charge in [-0.2, -0.15) is 0 Å². The quantitative estimate of drug-likeness (QED) is 0.878. The number of hydrogen-bond acceptors (Lipinski definition) is 4. The van der Waals surface area contributed by atoms with Crippen LogP contribution in [0.15, 0.2) is 11.6 Å². The van der Waals surface area contributed by atoms with Crippen LogP contribution < -0.4 is 5.32 Å². The van der Waals surface area contributed by atoms with Crippen molar-refractivity contribution in [3.05, 3.63) is 16.6 Å². The van der Waals surface area contributed by atoms with E-state index in [9.17, 15) is 0 Å². The fourth-order valence-electron chi connectivity index (χ4n) is 2.38. The van der Waals surface area contributed by atoms with Gasteiger partial charge in [0.1, 0.15) is 5.01 Å². The molecule has 1 aliphatic carbocycles. The molecule has 0 spiro atoms.